The van der Waals surface area contributed by atoms with Gasteiger partial charge in [0.25, 0.3) is 5.56 Å². The number of amides is 1. The van der Waals surface area contributed by atoms with Crippen LogP contribution in [0.2, 0.25) is 0 Å². The van der Waals surface area contributed by atoms with Crippen LogP contribution in [0.3, 0.4) is 0 Å². The van der Waals surface area contributed by atoms with Crippen molar-refractivity contribution in [2.24, 2.45) is 23.2 Å². The molecule has 4 aliphatic rings. The third-order valence-electron chi connectivity index (χ3n) is 6.67. The van der Waals surface area contributed by atoms with Crippen LogP contribution in [0.15, 0.2) is 11.1 Å². The summed E-state index contributed by atoms with van der Waals surface area (Å²) in [5.74, 6) is 2.54. The summed E-state index contributed by atoms with van der Waals surface area (Å²) in [6, 6.07) is 0. The lowest BCUT2D eigenvalue weighted by atomic mass is 9.49. The van der Waals surface area contributed by atoms with Crippen LogP contribution in [0.1, 0.15) is 49.8 Å². The van der Waals surface area contributed by atoms with Gasteiger partial charge in [-0.05, 0) is 70.1 Å². The zero-order chi connectivity index (χ0) is 16.9. The van der Waals surface area contributed by atoms with Gasteiger partial charge in [0.15, 0.2) is 0 Å². The van der Waals surface area contributed by atoms with Gasteiger partial charge in [-0.3, -0.25) is 14.2 Å². The highest BCUT2D eigenvalue weighted by Gasteiger charge is 2.54. The largest absolute Gasteiger partial charge is 0.354 e. The molecule has 0 spiro atoms. The summed E-state index contributed by atoms with van der Waals surface area (Å²) < 4.78 is 1.60. The Morgan fingerprint density at radius 1 is 1.21 bits per heavy atom. The van der Waals surface area contributed by atoms with E-state index in [-0.39, 0.29) is 16.9 Å². The number of rotatable bonds is 4. The molecule has 130 valence electrons. The molecule has 0 unspecified atom stereocenters. The normalized spacial score (nSPS) is 33.7. The average molecular weight is 329 g/mol. The van der Waals surface area contributed by atoms with Crippen LogP contribution in [0, 0.1) is 37.0 Å². The molecule has 5 nitrogen and oxygen atoms in total. The Balaban J connectivity index is 1.39. The Kier molecular flexibility index (Phi) is 3.77. The van der Waals surface area contributed by atoms with E-state index in [0.29, 0.717) is 18.7 Å². The number of aryl methyl sites for hydroxylation is 1. The summed E-state index contributed by atoms with van der Waals surface area (Å²) in [6.07, 6.45) is 8.85. The van der Waals surface area contributed by atoms with Crippen molar-refractivity contribution in [3.63, 3.8) is 0 Å². The first-order valence-electron chi connectivity index (χ1n) is 9.28. The van der Waals surface area contributed by atoms with Crippen molar-refractivity contribution in [3.8, 4) is 0 Å². The molecule has 1 amide bonds. The van der Waals surface area contributed by atoms with E-state index in [9.17, 15) is 9.59 Å². The first-order valence-corrected chi connectivity index (χ1v) is 9.28. The fourth-order valence-corrected chi connectivity index (χ4v) is 5.70. The molecule has 4 bridgehead atoms. The predicted octanol–water partition coefficient (Wildman–Crippen LogP) is 2.19. The summed E-state index contributed by atoms with van der Waals surface area (Å²) in [5.41, 5.74) is 1.34. The Labute approximate surface area is 142 Å². The van der Waals surface area contributed by atoms with Gasteiger partial charge in [-0.1, -0.05) is 0 Å². The van der Waals surface area contributed by atoms with Crippen LogP contribution >= 0.6 is 0 Å². The molecule has 0 saturated heterocycles. The number of nitrogens with zero attached hydrogens (tertiary/aromatic N) is 2. The molecule has 0 aliphatic heterocycles. The van der Waals surface area contributed by atoms with E-state index in [1.807, 2.05) is 6.92 Å². The molecule has 1 aromatic heterocycles. The predicted molar refractivity (Wildman–Crippen MR) is 91.6 cm³/mol. The van der Waals surface area contributed by atoms with Crippen LogP contribution in [-0.2, 0) is 11.3 Å². The van der Waals surface area contributed by atoms with Crippen molar-refractivity contribution >= 4 is 5.91 Å². The molecule has 5 rings (SSSR count). The van der Waals surface area contributed by atoms with Crippen molar-refractivity contribution in [3.05, 3.63) is 27.9 Å². The molecule has 4 fully saturated rings. The van der Waals surface area contributed by atoms with Crippen LogP contribution in [0.25, 0.3) is 0 Å². The van der Waals surface area contributed by atoms with Crippen LogP contribution in [0.5, 0.6) is 0 Å². The summed E-state index contributed by atoms with van der Waals surface area (Å²) in [7, 11) is 0. The minimum Gasteiger partial charge on any atom is -0.354 e. The maximum absolute atomic E-state index is 12.9. The van der Waals surface area contributed by atoms with Crippen molar-refractivity contribution in [1.82, 2.24) is 14.9 Å². The molecule has 5 heteroatoms. The zero-order valence-electron chi connectivity index (χ0n) is 14.7. The van der Waals surface area contributed by atoms with Crippen LogP contribution in [0.4, 0.5) is 0 Å². The second-order valence-electron chi connectivity index (χ2n) is 8.41. The van der Waals surface area contributed by atoms with Crippen molar-refractivity contribution in [2.75, 3.05) is 6.54 Å². The molecule has 24 heavy (non-hydrogen) atoms. The van der Waals surface area contributed by atoms with Gasteiger partial charge >= 0.3 is 0 Å². The Morgan fingerprint density at radius 3 is 2.38 bits per heavy atom. The summed E-state index contributed by atoms with van der Waals surface area (Å²) >= 11 is 0. The lowest BCUT2D eigenvalue weighted by Crippen LogP contribution is -2.54. The smallest absolute Gasteiger partial charge is 0.256 e. The molecule has 1 N–H and O–H groups in total. The maximum atomic E-state index is 12.9. The van der Waals surface area contributed by atoms with Gasteiger partial charge in [0.05, 0.1) is 6.33 Å². The highest BCUT2D eigenvalue weighted by Crippen LogP contribution is 2.60. The molecule has 0 atom stereocenters. The lowest BCUT2D eigenvalue weighted by molar-refractivity contribution is -0.146. The quantitative estimate of drug-likeness (QED) is 0.921. The third kappa shape index (κ3) is 2.58. The molecule has 4 saturated carbocycles. The minimum atomic E-state index is -0.110. The molecule has 0 aromatic carbocycles. The van der Waals surface area contributed by atoms with Crippen molar-refractivity contribution < 1.29 is 4.79 Å². The maximum Gasteiger partial charge on any atom is 0.256 e. The number of carbonyl (C=O) groups is 1. The number of carbonyl (C=O) groups excluding carboxylic acids is 1. The van der Waals surface area contributed by atoms with Crippen molar-refractivity contribution in [1.29, 1.82) is 0 Å². The van der Waals surface area contributed by atoms with Crippen molar-refractivity contribution in [2.45, 2.75) is 58.9 Å². The fourth-order valence-electron chi connectivity index (χ4n) is 5.70. The molecular formula is C19H27N3O2. The minimum absolute atomic E-state index is 0.00782. The zero-order valence-corrected chi connectivity index (χ0v) is 14.7. The third-order valence-corrected chi connectivity index (χ3v) is 6.67. The van der Waals surface area contributed by atoms with Gasteiger partial charge in [-0.2, -0.15) is 0 Å². The van der Waals surface area contributed by atoms with Gasteiger partial charge in [0.1, 0.15) is 0 Å². The molecule has 1 aromatic rings. The standard InChI is InChI=1S/C19H27N3O2/c1-12-13(2)21-11-22(17(12)23)4-3-20-18(24)19-8-14-5-15(9-19)7-16(6-14)10-19/h11,14-16H,3-10H2,1-2H3,(H,20,24). The van der Waals surface area contributed by atoms with E-state index in [4.69, 9.17) is 0 Å². The van der Waals surface area contributed by atoms with Gasteiger partial charge < -0.3 is 5.32 Å². The van der Waals surface area contributed by atoms with E-state index in [0.717, 1.165) is 42.7 Å². The van der Waals surface area contributed by atoms with Crippen LogP contribution < -0.4 is 10.9 Å². The highest BCUT2D eigenvalue weighted by atomic mass is 16.2. The molecular weight excluding hydrogens is 302 g/mol. The summed E-state index contributed by atoms with van der Waals surface area (Å²) in [5, 5.41) is 3.12. The second-order valence-corrected chi connectivity index (χ2v) is 8.41. The highest BCUT2D eigenvalue weighted by molar-refractivity contribution is 5.83. The first-order chi connectivity index (χ1) is 11.5. The Bertz CT molecular complexity index is 687. The summed E-state index contributed by atoms with van der Waals surface area (Å²) in [4.78, 5) is 29.3. The first kappa shape index (κ1) is 15.9. The van der Waals surface area contributed by atoms with Gasteiger partial charge in [0, 0.05) is 29.8 Å². The van der Waals surface area contributed by atoms with Crippen LogP contribution in [-0.4, -0.2) is 22.0 Å². The molecule has 4 aliphatic carbocycles. The Morgan fingerprint density at radius 2 is 1.79 bits per heavy atom. The number of hydrogen-bond donors (Lipinski definition) is 1. The van der Waals surface area contributed by atoms with E-state index < -0.39 is 0 Å². The monoisotopic (exact) mass is 329 g/mol. The average Bonchev–Trinajstić information content (AvgIpc) is 2.53. The Hall–Kier alpha value is -1.65. The number of nitrogens with one attached hydrogen (secondary N) is 1. The van der Waals surface area contributed by atoms with E-state index in [1.54, 1.807) is 17.8 Å². The second kappa shape index (κ2) is 5.71. The number of hydrogen-bond acceptors (Lipinski definition) is 3. The number of aromatic nitrogens is 2. The lowest BCUT2D eigenvalue weighted by Gasteiger charge is -2.55. The van der Waals surface area contributed by atoms with Gasteiger partial charge in [-0.15, -0.1) is 0 Å². The van der Waals surface area contributed by atoms with Gasteiger partial charge in [-0.25, -0.2) is 4.98 Å². The summed E-state index contributed by atoms with van der Waals surface area (Å²) in [6.45, 7) is 4.64. The van der Waals surface area contributed by atoms with E-state index in [2.05, 4.69) is 10.3 Å². The van der Waals surface area contributed by atoms with Gasteiger partial charge in [0.2, 0.25) is 5.91 Å². The SMILES string of the molecule is Cc1ncn(CCNC(=O)C23CC4CC(CC(C4)C2)C3)c(=O)c1C. The topological polar surface area (TPSA) is 64.0 Å². The van der Waals surface area contributed by atoms with E-state index in [1.165, 1.54) is 19.3 Å². The van der Waals surface area contributed by atoms with E-state index >= 15 is 0 Å². The molecule has 1 heterocycles. The fraction of sp³-hybridized carbons (Fsp3) is 0.737. The molecule has 0 radical (unpaired) electrons.